The van der Waals surface area contributed by atoms with Crippen LogP contribution in [0.15, 0.2) is 53.9 Å². The molecule has 0 spiro atoms. The summed E-state index contributed by atoms with van der Waals surface area (Å²) in [6.07, 6.45) is 0. The van der Waals surface area contributed by atoms with E-state index in [0.717, 1.165) is 11.1 Å². The van der Waals surface area contributed by atoms with Crippen molar-refractivity contribution in [3.63, 3.8) is 0 Å². The minimum atomic E-state index is -0.725. The predicted molar refractivity (Wildman–Crippen MR) is 119 cm³/mol. The number of aromatic nitrogens is 2. The zero-order valence-corrected chi connectivity index (χ0v) is 17.9. The summed E-state index contributed by atoms with van der Waals surface area (Å²) < 4.78 is 11.4. The van der Waals surface area contributed by atoms with Gasteiger partial charge in [0.25, 0.3) is 11.7 Å². The van der Waals surface area contributed by atoms with Crippen molar-refractivity contribution < 1.29 is 14.3 Å². The summed E-state index contributed by atoms with van der Waals surface area (Å²) in [4.78, 5) is 25.7. The predicted octanol–water partition coefficient (Wildman–Crippen LogP) is 4.94. The average Bonchev–Trinajstić information content (AvgIpc) is 3.35. The maximum atomic E-state index is 13.1. The van der Waals surface area contributed by atoms with Gasteiger partial charge in [-0.2, -0.15) is 4.37 Å². The van der Waals surface area contributed by atoms with Crippen molar-refractivity contribution >= 4 is 51.5 Å². The molecule has 4 rings (SSSR count). The number of carbonyl (C=O) groups is 2. The summed E-state index contributed by atoms with van der Waals surface area (Å²) in [5.74, 6) is -0.371. The van der Waals surface area contributed by atoms with E-state index in [0.29, 0.717) is 39.8 Å². The average molecular weight is 440 g/mol. The second kappa shape index (κ2) is 8.30. The van der Waals surface area contributed by atoms with Crippen molar-refractivity contribution in [3.05, 3.63) is 75.8 Å². The van der Waals surface area contributed by atoms with Gasteiger partial charge in [-0.05, 0) is 60.4 Å². The third kappa shape index (κ3) is 3.81. The zero-order chi connectivity index (χ0) is 21.3. The summed E-state index contributed by atoms with van der Waals surface area (Å²) in [5, 5.41) is 5.62. The van der Waals surface area contributed by atoms with Crippen LogP contribution in [0.5, 0.6) is 5.75 Å². The van der Waals surface area contributed by atoms with Crippen LogP contribution in [0.4, 0.5) is 5.82 Å². The Balaban J connectivity index is 1.79. The molecule has 0 saturated heterocycles. The summed E-state index contributed by atoms with van der Waals surface area (Å²) in [5.41, 5.74) is 2.92. The maximum Gasteiger partial charge on any atom is 0.298 e. The Bertz CT molecular complexity index is 1230. The Kier molecular flexibility index (Phi) is 5.57. The first-order valence-corrected chi connectivity index (χ1v) is 10.4. The minimum Gasteiger partial charge on any atom is -0.497 e. The van der Waals surface area contributed by atoms with Crippen molar-refractivity contribution in [2.45, 2.75) is 13.5 Å². The van der Waals surface area contributed by atoms with Gasteiger partial charge < -0.3 is 14.6 Å². The molecular formula is C22H18ClN3O3S. The summed E-state index contributed by atoms with van der Waals surface area (Å²) in [6, 6.07) is 14.7. The molecule has 0 radical (unpaired) electrons. The second-order valence-corrected chi connectivity index (χ2v) is 7.83. The van der Waals surface area contributed by atoms with E-state index in [1.807, 2.05) is 47.9 Å². The van der Waals surface area contributed by atoms with Crippen LogP contribution >= 0.6 is 23.1 Å². The van der Waals surface area contributed by atoms with E-state index in [1.54, 1.807) is 24.6 Å². The number of anilines is 1. The van der Waals surface area contributed by atoms with E-state index >= 15 is 0 Å². The largest absolute Gasteiger partial charge is 0.497 e. The fourth-order valence-corrected chi connectivity index (χ4v) is 4.01. The van der Waals surface area contributed by atoms with Gasteiger partial charge in [-0.3, -0.25) is 9.59 Å². The highest BCUT2D eigenvalue weighted by Crippen LogP contribution is 2.31. The Hall–Kier alpha value is -3.16. The number of ether oxygens (including phenoxy) is 1. The van der Waals surface area contributed by atoms with Crippen LogP contribution in [-0.2, 0) is 11.3 Å². The Morgan fingerprint density at radius 2 is 1.93 bits per heavy atom. The van der Waals surface area contributed by atoms with Crippen molar-refractivity contribution in [2.24, 2.45) is 0 Å². The van der Waals surface area contributed by atoms with Crippen LogP contribution in [-0.4, -0.2) is 27.7 Å². The number of ketones is 1. The van der Waals surface area contributed by atoms with Gasteiger partial charge in [0.2, 0.25) is 0 Å². The molecule has 0 aliphatic carbocycles. The fourth-order valence-electron chi connectivity index (χ4n) is 3.41. The zero-order valence-electron chi connectivity index (χ0n) is 16.3. The maximum absolute atomic E-state index is 13.1. The minimum absolute atomic E-state index is 0.352. The standard InChI is InChI=1S/C22H18ClN3O3S/c1-13-20(21(27)22(28)24-19-9-10-30-25-19)17-11-16(29-2)7-8-18(17)26(13)12-14-3-5-15(23)6-4-14/h3-11H,12H2,1-2H3,(H,24,25,28). The lowest BCUT2D eigenvalue weighted by Crippen LogP contribution is -2.23. The lowest BCUT2D eigenvalue weighted by molar-refractivity contribution is -0.112. The molecule has 0 aliphatic rings. The number of Topliss-reactive ketones (excluding diaryl/α,β-unsaturated/α-hetero) is 1. The van der Waals surface area contributed by atoms with E-state index in [-0.39, 0.29) is 0 Å². The number of hydrogen-bond donors (Lipinski definition) is 1. The van der Waals surface area contributed by atoms with E-state index in [9.17, 15) is 9.59 Å². The molecule has 2 aromatic heterocycles. The number of hydrogen-bond acceptors (Lipinski definition) is 5. The monoisotopic (exact) mass is 439 g/mol. The van der Waals surface area contributed by atoms with Gasteiger partial charge in [-0.25, -0.2) is 0 Å². The number of nitrogens with one attached hydrogen (secondary N) is 1. The smallest absolute Gasteiger partial charge is 0.298 e. The highest BCUT2D eigenvalue weighted by Gasteiger charge is 2.26. The molecule has 2 heterocycles. The van der Waals surface area contributed by atoms with Crippen LogP contribution in [0.2, 0.25) is 5.02 Å². The molecule has 8 heteroatoms. The molecule has 152 valence electrons. The first kappa shape index (κ1) is 20.1. The number of rotatable bonds is 6. The van der Waals surface area contributed by atoms with E-state index in [1.165, 1.54) is 11.5 Å². The Morgan fingerprint density at radius 3 is 2.60 bits per heavy atom. The molecule has 1 N–H and O–H groups in total. The third-order valence-electron chi connectivity index (χ3n) is 4.90. The molecular weight excluding hydrogens is 422 g/mol. The topological polar surface area (TPSA) is 73.2 Å². The molecule has 4 aromatic rings. The van der Waals surface area contributed by atoms with Crippen LogP contribution in [0.25, 0.3) is 10.9 Å². The number of halogens is 1. The molecule has 0 bridgehead atoms. The number of amides is 1. The van der Waals surface area contributed by atoms with Gasteiger partial charge in [0.1, 0.15) is 11.6 Å². The van der Waals surface area contributed by atoms with E-state index in [4.69, 9.17) is 16.3 Å². The van der Waals surface area contributed by atoms with E-state index in [2.05, 4.69) is 9.69 Å². The molecule has 0 saturated carbocycles. The number of nitrogens with zero attached hydrogens (tertiary/aromatic N) is 2. The van der Waals surface area contributed by atoms with E-state index < -0.39 is 11.7 Å². The molecule has 6 nitrogen and oxygen atoms in total. The number of benzene rings is 2. The first-order chi connectivity index (χ1) is 14.5. The summed E-state index contributed by atoms with van der Waals surface area (Å²) in [6.45, 7) is 2.37. The van der Waals surface area contributed by atoms with Gasteiger partial charge in [0.15, 0.2) is 0 Å². The van der Waals surface area contributed by atoms with Gasteiger partial charge in [0, 0.05) is 33.5 Å². The van der Waals surface area contributed by atoms with Gasteiger partial charge in [-0.15, -0.1) is 0 Å². The van der Waals surface area contributed by atoms with Crippen molar-refractivity contribution in [3.8, 4) is 5.75 Å². The SMILES string of the molecule is COc1ccc2c(c1)c(C(=O)C(=O)Nc1ccsn1)c(C)n2Cc1ccc(Cl)cc1. The van der Waals surface area contributed by atoms with Crippen molar-refractivity contribution in [2.75, 3.05) is 12.4 Å². The lowest BCUT2D eigenvalue weighted by atomic mass is 10.1. The second-order valence-electron chi connectivity index (χ2n) is 6.72. The summed E-state index contributed by atoms with van der Waals surface area (Å²) >= 11 is 7.20. The number of fused-ring (bicyclic) bond motifs is 1. The molecule has 1 amide bonds. The molecule has 30 heavy (non-hydrogen) atoms. The lowest BCUT2D eigenvalue weighted by Gasteiger charge is -2.09. The van der Waals surface area contributed by atoms with Crippen LogP contribution in [0, 0.1) is 6.92 Å². The van der Waals surface area contributed by atoms with Gasteiger partial charge >= 0.3 is 0 Å². The van der Waals surface area contributed by atoms with Crippen molar-refractivity contribution in [1.29, 1.82) is 0 Å². The molecule has 0 aliphatic heterocycles. The fraction of sp³-hybridized carbons (Fsp3) is 0.136. The molecule has 0 atom stereocenters. The molecule has 2 aromatic carbocycles. The number of carbonyl (C=O) groups excluding carboxylic acids is 2. The highest BCUT2D eigenvalue weighted by atomic mass is 35.5. The normalized spacial score (nSPS) is 10.9. The van der Waals surface area contributed by atoms with Crippen molar-refractivity contribution in [1.82, 2.24) is 8.94 Å². The first-order valence-electron chi connectivity index (χ1n) is 9.15. The van der Waals surface area contributed by atoms with Crippen LogP contribution < -0.4 is 10.1 Å². The van der Waals surface area contributed by atoms with Gasteiger partial charge in [0.05, 0.1) is 12.7 Å². The Labute approximate surface area is 182 Å². The summed E-state index contributed by atoms with van der Waals surface area (Å²) in [7, 11) is 1.56. The van der Waals surface area contributed by atoms with Gasteiger partial charge in [-0.1, -0.05) is 23.7 Å². The molecule has 0 unspecified atom stereocenters. The van der Waals surface area contributed by atoms with Crippen LogP contribution in [0.1, 0.15) is 21.6 Å². The Morgan fingerprint density at radius 1 is 1.17 bits per heavy atom. The molecule has 0 fully saturated rings. The quantitative estimate of drug-likeness (QED) is 0.341. The number of methoxy groups -OCH3 is 1. The van der Waals surface area contributed by atoms with Crippen LogP contribution in [0.3, 0.4) is 0 Å². The highest BCUT2D eigenvalue weighted by molar-refractivity contribution is 7.03. The third-order valence-corrected chi connectivity index (χ3v) is 5.71.